The monoisotopic (exact) mass is 263 g/mol. The first-order valence-electron chi connectivity index (χ1n) is 5.28. The predicted octanol–water partition coefficient (Wildman–Crippen LogP) is 0.314. The third-order valence-electron chi connectivity index (χ3n) is 2.46. The van der Waals surface area contributed by atoms with E-state index in [0.29, 0.717) is 10.6 Å². The molecule has 1 aromatic heterocycles. The van der Waals surface area contributed by atoms with Crippen LogP contribution in [0, 0.1) is 6.92 Å². The lowest BCUT2D eigenvalue weighted by Crippen LogP contribution is -2.35. The smallest absolute Gasteiger partial charge is 0.327 e. The fourth-order valence-corrected chi connectivity index (χ4v) is 2.51. The van der Waals surface area contributed by atoms with Crippen molar-refractivity contribution in [1.29, 1.82) is 0 Å². The molecule has 5 nitrogen and oxygen atoms in total. The van der Waals surface area contributed by atoms with E-state index in [0.717, 1.165) is 9.46 Å². The van der Waals surface area contributed by atoms with Crippen LogP contribution in [0.1, 0.15) is 5.56 Å². The van der Waals surface area contributed by atoms with Crippen molar-refractivity contribution in [3.8, 4) is 0 Å². The Morgan fingerprint density at radius 3 is 2.56 bits per heavy atom. The number of hydrogen-bond donors (Lipinski definition) is 1. The van der Waals surface area contributed by atoms with E-state index in [1.165, 1.54) is 11.8 Å². The van der Waals surface area contributed by atoms with E-state index in [1.54, 1.807) is 6.92 Å². The predicted molar refractivity (Wildman–Crippen MR) is 66.6 cm³/mol. The lowest BCUT2D eigenvalue weighted by molar-refractivity contribution is -0.410. The van der Waals surface area contributed by atoms with Gasteiger partial charge >= 0.3 is 5.69 Å². The molecule has 6 heteroatoms. The van der Waals surface area contributed by atoms with Crippen molar-refractivity contribution in [1.82, 2.24) is 9.55 Å². The molecule has 0 spiro atoms. The molecule has 0 atom stereocenters. The molecule has 1 N–H and O–H groups in total. The minimum Gasteiger partial charge on any atom is -0.838 e. The topological polar surface area (TPSA) is 77.9 Å². The van der Waals surface area contributed by atoms with Crippen molar-refractivity contribution >= 4 is 11.8 Å². The second kappa shape index (κ2) is 5.24. The zero-order valence-electron chi connectivity index (χ0n) is 9.67. The van der Waals surface area contributed by atoms with E-state index in [1.807, 2.05) is 30.3 Å². The van der Waals surface area contributed by atoms with Crippen LogP contribution in [0.3, 0.4) is 0 Å². The number of aromatic nitrogens is 2. The summed E-state index contributed by atoms with van der Waals surface area (Å²) in [6, 6.07) is 9.28. The maximum atomic E-state index is 11.5. The number of nitrogens with zero attached hydrogens (tertiary/aromatic N) is 1. The molecule has 0 bridgehead atoms. The summed E-state index contributed by atoms with van der Waals surface area (Å²) >= 11 is 1.24. The molecule has 0 amide bonds. The highest BCUT2D eigenvalue weighted by molar-refractivity contribution is 7.99. The van der Waals surface area contributed by atoms with Gasteiger partial charge in [-0.25, -0.2) is 4.79 Å². The molecule has 0 aliphatic carbocycles. The summed E-state index contributed by atoms with van der Waals surface area (Å²) in [5.41, 5.74) is -0.749. The van der Waals surface area contributed by atoms with Crippen LogP contribution < -0.4 is 16.4 Å². The van der Waals surface area contributed by atoms with Crippen LogP contribution in [0.15, 0.2) is 49.8 Å². The second-order valence-corrected chi connectivity index (χ2v) is 4.72. The maximum Gasteiger partial charge on any atom is 0.327 e. The molecule has 94 valence electrons. The van der Waals surface area contributed by atoms with Crippen molar-refractivity contribution in [2.24, 2.45) is 0 Å². The van der Waals surface area contributed by atoms with Crippen molar-refractivity contribution < 1.29 is 5.11 Å². The molecule has 0 radical (unpaired) electrons. The zero-order chi connectivity index (χ0) is 13.1. The highest BCUT2D eigenvalue weighted by Crippen LogP contribution is 2.27. The Labute approximate surface area is 107 Å². The molecule has 0 aliphatic heterocycles. The molecule has 2 rings (SSSR count). The summed E-state index contributed by atoms with van der Waals surface area (Å²) in [5.74, 6) is 0. The Balaban J connectivity index is 2.56. The largest absolute Gasteiger partial charge is 0.838 e. The Bertz CT molecular complexity index is 661. The van der Waals surface area contributed by atoms with Gasteiger partial charge in [-0.2, -0.15) is 0 Å². The highest BCUT2D eigenvalue weighted by Gasteiger charge is 2.10. The SMILES string of the molecule is Cc1c(Sc2ccccc2)n(C[O-])c(=O)[nH]c1=O. The van der Waals surface area contributed by atoms with Crippen molar-refractivity contribution in [2.45, 2.75) is 23.6 Å². The molecule has 1 heterocycles. The van der Waals surface area contributed by atoms with Gasteiger partial charge in [-0.3, -0.25) is 9.78 Å². The average molecular weight is 263 g/mol. The van der Waals surface area contributed by atoms with Crippen LogP contribution in [-0.2, 0) is 6.73 Å². The zero-order valence-corrected chi connectivity index (χ0v) is 10.5. The first-order chi connectivity index (χ1) is 8.63. The van der Waals surface area contributed by atoms with Gasteiger partial charge in [-0.1, -0.05) is 36.7 Å². The van der Waals surface area contributed by atoms with Crippen LogP contribution in [0.4, 0.5) is 0 Å². The van der Waals surface area contributed by atoms with Crippen LogP contribution >= 0.6 is 11.8 Å². The molecule has 0 unspecified atom stereocenters. The summed E-state index contributed by atoms with van der Waals surface area (Å²) in [5, 5.41) is 11.4. The third kappa shape index (κ3) is 2.39. The van der Waals surface area contributed by atoms with Crippen molar-refractivity contribution in [3.63, 3.8) is 0 Å². The van der Waals surface area contributed by atoms with Crippen LogP contribution in [0.25, 0.3) is 0 Å². The first-order valence-corrected chi connectivity index (χ1v) is 6.10. The number of aromatic amines is 1. The van der Waals surface area contributed by atoms with Crippen LogP contribution in [0.2, 0.25) is 0 Å². The van der Waals surface area contributed by atoms with Gasteiger partial charge in [0.05, 0.1) is 5.03 Å². The lowest BCUT2D eigenvalue weighted by Gasteiger charge is -2.15. The number of rotatable bonds is 3. The molecule has 2 aromatic rings. The van der Waals surface area contributed by atoms with Gasteiger partial charge in [0, 0.05) is 10.5 Å². The van der Waals surface area contributed by atoms with Crippen LogP contribution in [0.5, 0.6) is 0 Å². The summed E-state index contributed by atoms with van der Waals surface area (Å²) in [6.07, 6.45) is 0. The van der Waals surface area contributed by atoms with E-state index < -0.39 is 18.0 Å². The molecule has 0 aliphatic rings. The number of benzene rings is 1. The van der Waals surface area contributed by atoms with Crippen LogP contribution in [-0.4, -0.2) is 9.55 Å². The van der Waals surface area contributed by atoms with Gasteiger partial charge in [-0.15, -0.1) is 0 Å². The Kier molecular flexibility index (Phi) is 3.69. The minimum atomic E-state index is -0.717. The Morgan fingerprint density at radius 2 is 1.94 bits per heavy atom. The summed E-state index contributed by atoms with van der Waals surface area (Å²) < 4.78 is 1.02. The van der Waals surface area contributed by atoms with E-state index in [4.69, 9.17) is 0 Å². The summed E-state index contributed by atoms with van der Waals surface area (Å²) in [6.45, 7) is 0.876. The molecule has 1 aromatic carbocycles. The standard InChI is InChI=1S/C12H11N2O3S/c1-8-10(16)13-12(17)14(7-15)11(8)18-9-5-3-2-4-6-9/h2-6H,7H2,1H3,(H,13,16,17)/q-1. The summed E-state index contributed by atoms with van der Waals surface area (Å²) in [4.78, 5) is 26.1. The van der Waals surface area contributed by atoms with Gasteiger partial charge in [0.25, 0.3) is 5.56 Å². The normalized spacial score (nSPS) is 10.6. The van der Waals surface area contributed by atoms with Gasteiger partial charge < -0.3 is 9.67 Å². The van der Waals surface area contributed by atoms with E-state index in [2.05, 4.69) is 4.98 Å². The van der Waals surface area contributed by atoms with E-state index in [9.17, 15) is 14.7 Å². The van der Waals surface area contributed by atoms with Crippen molar-refractivity contribution in [2.75, 3.05) is 0 Å². The third-order valence-corrected chi connectivity index (χ3v) is 3.69. The lowest BCUT2D eigenvalue weighted by atomic mass is 10.4. The van der Waals surface area contributed by atoms with E-state index in [-0.39, 0.29) is 0 Å². The molecule has 0 saturated carbocycles. The van der Waals surface area contributed by atoms with Gasteiger partial charge in [0.1, 0.15) is 0 Å². The van der Waals surface area contributed by atoms with Gasteiger partial charge in [-0.05, 0) is 19.1 Å². The average Bonchev–Trinajstić information content (AvgIpc) is 2.37. The highest BCUT2D eigenvalue weighted by atomic mass is 32.2. The van der Waals surface area contributed by atoms with Crippen molar-refractivity contribution in [3.05, 3.63) is 56.7 Å². The van der Waals surface area contributed by atoms with E-state index >= 15 is 0 Å². The molecular weight excluding hydrogens is 252 g/mol. The molecule has 18 heavy (non-hydrogen) atoms. The molecule has 0 saturated heterocycles. The number of hydrogen-bond acceptors (Lipinski definition) is 4. The first kappa shape index (κ1) is 12.7. The fourth-order valence-electron chi connectivity index (χ4n) is 1.50. The quantitative estimate of drug-likeness (QED) is 0.809. The summed E-state index contributed by atoms with van der Waals surface area (Å²) in [7, 11) is 0. The Morgan fingerprint density at radius 1 is 1.28 bits per heavy atom. The Hall–Kier alpha value is -1.79. The minimum absolute atomic E-state index is 0.374. The molecule has 0 fully saturated rings. The van der Waals surface area contributed by atoms with Gasteiger partial charge in [0.2, 0.25) is 0 Å². The second-order valence-electron chi connectivity index (χ2n) is 3.66. The fraction of sp³-hybridized carbons (Fsp3) is 0.167. The number of H-pyrrole nitrogens is 1. The number of nitrogens with one attached hydrogen (secondary N) is 1. The molecular formula is C12H11N2O3S-. The van der Waals surface area contributed by atoms with Gasteiger partial charge in [0.15, 0.2) is 0 Å². The maximum absolute atomic E-state index is 11.5.